The number of imidazole rings is 1. The van der Waals surface area contributed by atoms with Crippen LogP contribution in [-0.2, 0) is 16.4 Å². The molecule has 1 heterocycles. The number of non-ortho nitro benzene ring substituents is 1. The van der Waals surface area contributed by atoms with E-state index in [4.69, 9.17) is 0 Å². The average Bonchev–Trinajstić information content (AvgIpc) is 2.88. The van der Waals surface area contributed by atoms with Gasteiger partial charge in [-0.3, -0.25) is 14.8 Å². The first-order chi connectivity index (χ1) is 9.42. The van der Waals surface area contributed by atoms with Crippen molar-refractivity contribution in [3.63, 3.8) is 0 Å². The fourth-order valence-electron chi connectivity index (χ4n) is 1.55. The third-order valence-electron chi connectivity index (χ3n) is 2.54. The number of nitro groups is 1. The van der Waals surface area contributed by atoms with Crippen molar-refractivity contribution in [2.24, 2.45) is 0 Å². The predicted molar refractivity (Wildman–Crippen MR) is 71.9 cm³/mol. The lowest BCUT2D eigenvalue weighted by Crippen LogP contribution is -2.13. The van der Waals surface area contributed by atoms with Crippen molar-refractivity contribution < 1.29 is 13.3 Å². The molecule has 0 aliphatic rings. The molecule has 1 aromatic carbocycles. The number of anilines is 1. The lowest BCUT2D eigenvalue weighted by molar-refractivity contribution is -0.384. The van der Waals surface area contributed by atoms with Crippen LogP contribution in [0.3, 0.4) is 0 Å². The Morgan fingerprint density at radius 2 is 2.20 bits per heavy atom. The first kappa shape index (κ1) is 14.0. The summed E-state index contributed by atoms with van der Waals surface area (Å²) in [5.41, 5.74) is -0.0732. The molecular weight excluding hydrogens is 284 g/mol. The molecule has 0 bridgehead atoms. The van der Waals surface area contributed by atoms with Crippen molar-refractivity contribution in [1.82, 2.24) is 9.97 Å². The Morgan fingerprint density at radius 3 is 2.80 bits per heavy atom. The van der Waals surface area contributed by atoms with E-state index in [9.17, 15) is 18.5 Å². The van der Waals surface area contributed by atoms with E-state index < -0.39 is 14.9 Å². The number of nitrogens with one attached hydrogen (secondary N) is 2. The normalized spacial score (nSPS) is 11.2. The molecule has 2 rings (SSSR count). The van der Waals surface area contributed by atoms with Crippen LogP contribution in [0, 0.1) is 10.1 Å². The van der Waals surface area contributed by atoms with E-state index >= 15 is 0 Å². The molecule has 9 heteroatoms. The third-order valence-corrected chi connectivity index (χ3v) is 3.83. The monoisotopic (exact) mass is 296 g/mol. The molecule has 1 aromatic heterocycles. The van der Waals surface area contributed by atoms with E-state index in [1.165, 1.54) is 24.4 Å². The Hall–Kier alpha value is -2.42. The zero-order valence-corrected chi connectivity index (χ0v) is 11.3. The second kappa shape index (κ2) is 5.29. The van der Waals surface area contributed by atoms with Crippen molar-refractivity contribution in [2.75, 3.05) is 4.72 Å². The van der Waals surface area contributed by atoms with Crippen LogP contribution in [0.15, 0.2) is 35.5 Å². The fourth-order valence-corrected chi connectivity index (χ4v) is 2.54. The van der Waals surface area contributed by atoms with Gasteiger partial charge in [-0.25, -0.2) is 4.98 Å². The predicted octanol–water partition coefficient (Wildman–Crippen LogP) is 1.68. The van der Waals surface area contributed by atoms with E-state index in [1.54, 1.807) is 0 Å². The second-order valence-corrected chi connectivity index (χ2v) is 5.61. The van der Waals surface area contributed by atoms with Gasteiger partial charge < -0.3 is 4.98 Å². The quantitative estimate of drug-likeness (QED) is 0.642. The summed E-state index contributed by atoms with van der Waals surface area (Å²) in [6.45, 7) is 1.84. The SMILES string of the molecule is CCc1ncc(S(=O)(=O)Nc2cccc([N+](=O)[O-])c2)[nH]1. The molecule has 0 atom stereocenters. The summed E-state index contributed by atoms with van der Waals surface area (Å²) < 4.78 is 26.4. The molecule has 0 fully saturated rings. The Kier molecular flexibility index (Phi) is 3.70. The highest BCUT2D eigenvalue weighted by Gasteiger charge is 2.18. The minimum atomic E-state index is -3.84. The highest BCUT2D eigenvalue weighted by atomic mass is 32.2. The van der Waals surface area contributed by atoms with Crippen LogP contribution in [0.25, 0.3) is 0 Å². The van der Waals surface area contributed by atoms with E-state index in [2.05, 4.69) is 14.7 Å². The zero-order valence-electron chi connectivity index (χ0n) is 10.5. The minimum Gasteiger partial charge on any atom is -0.332 e. The Morgan fingerprint density at radius 1 is 1.45 bits per heavy atom. The van der Waals surface area contributed by atoms with Crippen LogP contribution in [0.5, 0.6) is 0 Å². The van der Waals surface area contributed by atoms with Gasteiger partial charge in [0.1, 0.15) is 5.82 Å². The number of hydrogen-bond acceptors (Lipinski definition) is 5. The molecule has 0 aliphatic carbocycles. The summed E-state index contributed by atoms with van der Waals surface area (Å²) in [6.07, 6.45) is 1.78. The summed E-state index contributed by atoms with van der Waals surface area (Å²) in [7, 11) is -3.84. The number of aromatic amines is 1. The molecular formula is C11H12N4O4S. The molecule has 20 heavy (non-hydrogen) atoms. The lowest BCUT2D eigenvalue weighted by Gasteiger charge is -2.05. The summed E-state index contributed by atoms with van der Waals surface area (Å²) in [5.74, 6) is 0.546. The number of aryl methyl sites for hydroxylation is 1. The summed E-state index contributed by atoms with van der Waals surface area (Å²) >= 11 is 0. The van der Waals surface area contributed by atoms with Gasteiger partial charge in [0.15, 0.2) is 5.03 Å². The molecule has 0 aliphatic heterocycles. The standard InChI is InChI=1S/C11H12N4O4S/c1-2-10-12-7-11(13-10)20(18,19)14-8-4-3-5-9(6-8)15(16)17/h3-7,14H,2H2,1H3,(H,12,13). The lowest BCUT2D eigenvalue weighted by atomic mass is 10.3. The first-order valence-electron chi connectivity index (χ1n) is 5.73. The fraction of sp³-hybridized carbons (Fsp3) is 0.182. The number of aromatic nitrogens is 2. The minimum absolute atomic E-state index is 0.0825. The van der Waals surface area contributed by atoms with Crippen LogP contribution < -0.4 is 4.72 Å². The smallest absolute Gasteiger partial charge is 0.278 e. The molecule has 0 saturated carbocycles. The number of H-pyrrole nitrogens is 1. The van der Waals surface area contributed by atoms with E-state index in [0.29, 0.717) is 12.2 Å². The van der Waals surface area contributed by atoms with Crippen LogP contribution in [0.4, 0.5) is 11.4 Å². The van der Waals surface area contributed by atoms with Gasteiger partial charge in [-0.15, -0.1) is 0 Å². The van der Waals surface area contributed by atoms with Crippen LogP contribution >= 0.6 is 0 Å². The Balaban J connectivity index is 2.28. The first-order valence-corrected chi connectivity index (χ1v) is 7.22. The van der Waals surface area contributed by atoms with E-state index in [1.807, 2.05) is 6.92 Å². The number of hydrogen-bond donors (Lipinski definition) is 2. The van der Waals surface area contributed by atoms with Gasteiger partial charge >= 0.3 is 0 Å². The van der Waals surface area contributed by atoms with Crippen molar-refractivity contribution in [1.29, 1.82) is 0 Å². The van der Waals surface area contributed by atoms with Crippen molar-refractivity contribution in [2.45, 2.75) is 18.4 Å². The topological polar surface area (TPSA) is 118 Å². The van der Waals surface area contributed by atoms with Crippen molar-refractivity contribution in [3.8, 4) is 0 Å². The Bertz CT molecular complexity index is 738. The number of sulfonamides is 1. The van der Waals surface area contributed by atoms with Gasteiger partial charge in [-0.05, 0) is 6.07 Å². The maximum Gasteiger partial charge on any atom is 0.278 e. The van der Waals surface area contributed by atoms with Crippen molar-refractivity contribution in [3.05, 3.63) is 46.4 Å². The molecule has 0 unspecified atom stereocenters. The molecule has 106 valence electrons. The second-order valence-electron chi connectivity index (χ2n) is 3.96. The van der Waals surface area contributed by atoms with Crippen LogP contribution in [0.2, 0.25) is 0 Å². The molecule has 2 aromatic rings. The highest BCUT2D eigenvalue weighted by Crippen LogP contribution is 2.20. The van der Waals surface area contributed by atoms with Gasteiger partial charge in [0.25, 0.3) is 15.7 Å². The molecule has 8 nitrogen and oxygen atoms in total. The molecule has 0 amide bonds. The summed E-state index contributed by atoms with van der Waals surface area (Å²) in [5, 5.41) is 10.6. The summed E-state index contributed by atoms with van der Waals surface area (Å²) in [6, 6.07) is 5.26. The van der Waals surface area contributed by atoms with Crippen LogP contribution in [-0.4, -0.2) is 23.3 Å². The maximum absolute atomic E-state index is 12.1. The molecule has 0 spiro atoms. The number of benzene rings is 1. The molecule has 0 radical (unpaired) electrons. The number of nitro benzene ring substituents is 1. The highest BCUT2D eigenvalue weighted by molar-refractivity contribution is 7.92. The average molecular weight is 296 g/mol. The Labute approximate surface area is 115 Å². The molecule has 0 saturated heterocycles. The van der Waals surface area contributed by atoms with Gasteiger partial charge in [-0.1, -0.05) is 13.0 Å². The zero-order chi connectivity index (χ0) is 14.8. The summed E-state index contributed by atoms with van der Waals surface area (Å²) in [4.78, 5) is 16.6. The largest absolute Gasteiger partial charge is 0.332 e. The van der Waals surface area contributed by atoms with Crippen LogP contribution in [0.1, 0.15) is 12.7 Å². The van der Waals surface area contributed by atoms with Gasteiger partial charge in [0, 0.05) is 18.6 Å². The third kappa shape index (κ3) is 2.94. The van der Waals surface area contributed by atoms with E-state index in [-0.39, 0.29) is 16.4 Å². The number of nitrogens with zero attached hydrogens (tertiary/aromatic N) is 2. The van der Waals surface area contributed by atoms with Gasteiger partial charge in [-0.2, -0.15) is 8.42 Å². The van der Waals surface area contributed by atoms with E-state index in [0.717, 1.165) is 6.07 Å². The number of rotatable bonds is 5. The van der Waals surface area contributed by atoms with Gasteiger partial charge in [0.2, 0.25) is 0 Å². The maximum atomic E-state index is 12.1. The molecule has 2 N–H and O–H groups in total. The van der Waals surface area contributed by atoms with Crippen molar-refractivity contribution >= 4 is 21.4 Å². The van der Waals surface area contributed by atoms with Gasteiger partial charge in [0.05, 0.1) is 16.8 Å².